The standard InChI is InChI=1S/C25H31N5O5/c1-4-5-18-20-16(12-19(14-6-7-14)26-22(20)35-27-18)24(33)30-10-8-15(9-11-30)21(31)17-13-28(2)25(34)29(3)23(17)32/h12-15,21,31H,4-11H2,1-3H3. The molecule has 3 aromatic rings. The highest BCUT2D eigenvalue weighted by molar-refractivity contribution is 6.06. The average Bonchev–Trinajstić information content (AvgIpc) is 3.65. The molecule has 1 amide bonds. The molecule has 1 saturated heterocycles. The Hall–Kier alpha value is -3.27. The third-order valence-corrected chi connectivity index (χ3v) is 7.31. The van der Waals surface area contributed by atoms with Crippen LogP contribution in [0.1, 0.15) is 78.4 Å². The molecule has 0 bridgehead atoms. The van der Waals surface area contributed by atoms with Crippen molar-refractivity contribution in [1.29, 1.82) is 0 Å². The van der Waals surface area contributed by atoms with Gasteiger partial charge in [0.15, 0.2) is 0 Å². The van der Waals surface area contributed by atoms with Gasteiger partial charge in [-0.15, -0.1) is 0 Å². The van der Waals surface area contributed by atoms with E-state index in [1.807, 2.05) is 6.07 Å². The summed E-state index contributed by atoms with van der Waals surface area (Å²) in [5.74, 6) is 0.108. The lowest BCUT2D eigenvalue weighted by molar-refractivity contribution is 0.0454. The van der Waals surface area contributed by atoms with E-state index in [2.05, 4.69) is 17.1 Å². The van der Waals surface area contributed by atoms with Crippen molar-refractivity contribution in [3.8, 4) is 0 Å². The van der Waals surface area contributed by atoms with Crippen LogP contribution in [0, 0.1) is 5.92 Å². The molecule has 1 N–H and O–H groups in total. The minimum Gasteiger partial charge on any atom is -0.388 e. The van der Waals surface area contributed by atoms with Crippen LogP contribution < -0.4 is 11.2 Å². The maximum Gasteiger partial charge on any atom is 0.330 e. The summed E-state index contributed by atoms with van der Waals surface area (Å²) in [5, 5.41) is 15.9. The molecule has 1 aliphatic heterocycles. The van der Waals surface area contributed by atoms with Gasteiger partial charge in [-0.3, -0.25) is 14.2 Å². The van der Waals surface area contributed by atoms with Crippen molar-refractivity contribution in [3.05, 3.63) is 55.6 Å². The third kappa shape index (κ3) is 4.20. The number of carbonyl (C=O) groups excluding carboxylic acids is 1. The molecule has 35 heavy (non-hydrogen) atoms. The molecule has 1 saturated carbocycles. The van der Waals surface area contributed by atoms with E-state index in [9.17, 15) is 19.5 Å². The van der Waals surface area contributed by atoms with E-state index < -0.39 is 17.4 Å². The van der Waals surface area contributed by atoms with Gasteiger partial charge in [0, 0.05) is 45.0 Å². The maximum absolute atomic E-state index is 13.7. The lowest BCUT2D eigenvalue weighted by Gasteiger charge is -2.34. The Morgan fingerprint density at radius 1 is 1.20 bits per heavy atom. The number of amides is 1. The largest absolute Gasteiger partial charge is 0.388 e. The quantitative estimate of drug-likeness (QED) is 0.571. The number of hydrogen-bond donors (Lipinski definition) is 1. The van der Waals surface area contributed by atoms with Crippen LogP contribution in [-0.4, -0.2) is 48.3 Å². The number of hydrogen-bond acceptors (Lipinski definition) is 7. The first-order valence-corrected chi connectivity index (χ1v) is 12.3. The molecule has 2 aliphatic rings. The summed E-state index contributed by atoms with van der Waals surface area (Å²) in [6, 6.07) is 1.91. The van der Waals surface area contributed by atoms with Gasteiger partial charge in [-0.25, -0.2) is 9.78 Å². The van der Waals surface area contributed by atoms with Gasteiger partial charge in [-0.1, -0.05) is 18.5 Å². The highest BCUT2D eigenvalue weighted by Gasteiger charge is 2.33. The monoisotopic (exact) mass is 481 g/mol. The molecular formula is C25H31N5O5. The Morgan fingerprint density at radius 2 is 1.91 bits per heavy atom. The van der Waals surface area contributed by atoms with Crippen molar-refractivity contribution < 1.29 is 14.4 Å². The van der Waals surface area contributed by atoms with E-state index in [0.717, 1.165) is 35.2 Å². The highest BCUT2D eigenvalue weighted by Crippen LogP contribution is 2.41. The Kier molecular flexibility index (Phi) is 6.08. The Balaban J connectivity index is 1.37. The fraction of sp³-hybridized carbons (Fsp3) is 0.560. The zero-order valence-corrected chi connectivity index (χ0v) is 20.4. The minimum absolute atomic E-state index is 0.0779. The molecule has 3 aromatic heterocycles. The second-order valence-electron chi connectivity index (χ2n) is 9.84. The van der Waals surface area contributed by atoms with Crippen LogP contribution in [0.3, 0.4) is 0 Å². The number of fused-ring (bicyclic) bond motifs is 1. The molecule has 1 unspecified atom stereocenters. The van der Waals surface area contributed by atoms with E-state index in [0.29, 0.717) is 54.9 Å². The molecule has 1 atom stereocenters. The summed E-state index contributed by atoms with van der Waals surface area (Å²) >= 11 is 0. The van der Waals surface area contributed by atoms with Gasteiger partial charge >= 0.3 is 5.69 Å². The maximum atomic E-state index is 13.7. The zero-order valence-electron chi connectivity index (χ0n) is 20.4. The summed E-state index contributed by atoms with van der Waals surface area (Å²) in [7, 11) is 2.97. The number of nitrogens with zero attached hydrogens (tertiary/aromatic N) is 5. The SMILES string of the molecule is CCCc1noc2nc(C3CC3)cc(C(=O)N3CCC(C(O)c4cn(C)c(=O)n(C)c4=O)CC3)c12. The number of aliphatic hydroxyl groups excluding tert-OH is 1. The molecule has 10 heteroatoms. The van der Waals surface area contributed by atoms with Gasteiger partial charge in [-0.2, -0.15) is 0 Å². The van der Waals surface area contributed by atoms with Gasteiger partial charge < -0.3 is 19.1 Å². The summed E-state index contributed by atoms with van der Waals surface area (Å²) in [6.07, 6.45) is 5.24. The molecule has 0 spiro atoms. The second kappa shape index (κ2) is 9.07. The normalized spacial score (nSPS) is 17.8. The first-order valence-electron chi connectivity index (χ1n) is 12.3. The molecule has 186 valence electrons. The highest BCUT2D eigenvalue weighted by atomic mass is 16.5. The fourth-order valence-corrected chi connectivity index (χ4v) is 5.08. The fourth-order valence-electron chi connectivity index (χ4n) is 5.08. The molecular weight excluding hydrogens is 450 g/mol. The van der Waals surface area contributed by atoms with Crippen molar-refractivity contribution in [2.75, 3.05) is 13.1 Å². The first-order chi connectivity index (χ1) is 16.8. The van der Waals surface area contributed by atoms with Crippen molar-refractivity contribution in [1.82, 2.24) is 24.2 Å². The van der Waals surface area contributed by atoms with Crippen molar-refractivity contribution in [3.63, 3.8) is 0 Å². The Bertz CT molecular complexity index is 1390. The summed E-state index contributed by atoms with van der Waals surface area (Å²) < 4.78 is 7.83. The topological polar surface area (TPSA) is 123 Å². The first kappa shape index (κ1) is 23.5. The predicted molar refractivity (Wildman–Crippen MR) is 128 cm³/mol. The number of aromatic nitrogens is 4. The van der Waals surface area contributed by atoms with Crippen LogP contribution in [-0.2, 0) is 20.5 Å². The van der Waals surface area contributed by atoms with E-state index in [1.54, 1.807) is 11.9 Å². The Labute approximate surface area is 202 Å². The summed E-state index contributed by atoms with van der Waals surface area (Å²) in [5.41, 5.74) is 1.95. The lowest BCUT2D eigenvalue weighted by Crippen LogP contribution is -2.42. The van der Waals surface area contributed by atoms with E-state index in [1.165, 1.54) is 17.8 Å². The number of aryl methyl sites for hydroxylation is 2. The number of carbonyl (C=O) groups is 1. The smallest absolute Gasteiger partial charge is 0.330 e. The van der Waals surface area contributed by atoms with Gasteiger partial charge in [0.25, 0.3) is 17.2 Å². The predicted octanol–water partition coefficient (Wildman–Crippen LogP) is 2.04. The second-order valence-corrected chi connectivity index (χ2v) is 9.84. The number of rotatable bonds is 6. The van der Waals surface area contributed by atoms with E-state index in [-0.39, 0.29) is 17.4 Å². The van der Waals surface area contributed by atoms with E-state index in [4.69, 9.17) is 4.52 Å². The molecule has 4 heterocycles. The van der Waals surface area contributed by atoms with Crippen LogP contribution >= 0.6 is 0 Å². The molecule has 5 rings (SSSR count). The van der Waals surface area contributed by atoms with Crippen LogP contribution in [0.25, 0.3) is 11.1 Å². The van der Waals surface area contributed by atoms with Gasteiger partial charge in [0.05, 0.1) is 28.3 Å². The molecule has 1 aliphatic carbocycles. The molecule has 10 nitrogen and oxygen atoms in total. The Morgan fingerprint density at radius 3 is 2.57 bits per heavy atom. The molecule has 0 radical (unpaired) electrons. The van der Waals surface area contributed by atoms with E-state index >= 15 is 0 Å². The summed E-state index contributed by atoms with van der Waals surface area (Å²) in [6.45, 7) is 2.98. The van der Waals surface area contributed by atoms with Crippen molar-refractivity contribution in [2.45, 2.75) is 57.5 Å². The van der Waals surface area contributed by atoms with Gasteiger partial charge in [0.1, 0.15) is 0 Å². The number of aliphatic hydroxyl groups is 1. The summed E-state index contributed by atoms with van der Waals surface area (Å²) in [4.78, 5) is 44.7. The number of likely N-dealkylation sites (tertiary alicyclic amines) is 1. The molecule has 2 fully saturated rings. The zero-order chi connectivity index (χ0) is 24.9. The number of piperidine rings is 1. The van der Waals surface area contributed by atoms with Crippen LogP contribution in [0.4, 0.5) is 0 Å². The molecule has 0 aromatic carbocycles. The minimum atomic E-state index is -0.999. The lowest BCUT2D eigenvalue weighted by atomic mass is 9.88. The van der Waals surface area contributed by atoms with Gasteiger partial charge in [-0.05, 0) is 44.1 Å². The van der Waals surface area contributed by atoms with Crippen molar-refractivity contribution in [2.24, 2.45) is 20.0 Å². The van der Waals surface area contributed by atoms with Crippen LogP contribution in [0.2, 0.25) is 0 Å². The van der Waals surface area contributed by atoms with Crippen molar-refractivity contribution >= 4 is 17.0 Å². The van der Waals surface area contributed by atoms with Crippen LogP contribution in [0.5, 0.6) is 0 Å². The van der Waals surface area contributed by atoms with Gasteiger partial charge in [0.2, 0.25) is 0 Å². The van der Waals surface area contributed by atoms with Crippen LogP contribution in [0.15, 0.2) is 26.4 Å². The number of pyridine rings is 1. The average molecular weight is 482 g/mol. The third-order valence-electron chi connectivity index (χ3n) is 7.31.